The summed E-state index contributed by atoms with van der Waals surface area (Å²) < 4.78 is 0. The lowest BCUT2D eigenvalue weighted by Gasteiger charge is -2.26. The number of hydrogen-bond acceptors (Lipinski definition) is 2. The Labute approximate surface area is 152 Å². The molecule has 1 amide bonds. The Morgan fingerprint density at radius 1 is 0.960 bits per heavy atom. The van der Waals surface area contributed by atoms with Crippen LogP contribution in [0.3, 0.4) is 0 Å². The minimum Gasteiger partial charge on any atom is -0.354 e. The maximum Gasteiger partial charge on any atom is 0.232 e. The number of thioether (sulfide) groups is 1. The van der Waals surface area contributed by atoms with Gasteiger partial charge in [-0.15, -0.1) is 11.8 Å². The zero-order valence-electron chi connectivity index (χ0n) is 14.2. The van der Waals surface area contributed by atoms with E-state index in [2.05, 4.69) is 35.3 Å². The number of fused-ring (bicyclic) bond motifs is 1. The summed E-state index contributed by atoms with van der Waals surface area (Å²) in [7, 11) is 0. The molecule has 0 atom stereocenters. The van der Waals surface area contributed by atoms with Gasteiger partial charge in [-0.25, -0.2) is 0 Å². The molecule has 1 N–H and O–H groups in total. The van der Waals surface area contributed by atoms with Crippen molar-refractivity contribution in [1.29, 1.82) is 0 Å². The number of amides is 1. The second kappa shape index (κ2) is 7.36. The van der Waals surface area contributed by atoms with Crippen molar-refractivity contribution in [3.05, 3.63) is 54.6 Å². The van der Waals surface area contributed by atoms with Crippen LogP contribution < -0.4 is 0 Å². The van der Waals surface area contributed by atoms with Crippen LogP contribution in [0.15, 0.2) is 59.5 Å². The van der Waals surface area contributed by atoms with E-state index in [9.17, 15) is 4.79 Å². The highest BCUT2D eigenvalue weighted by Gasteiger charge is 2.19. The van der Waals surface area contributed by atoms with E-state index in [1.54, 1.807) is 11.8 Å². The lowest BCUT2D eigenvalue weighted by molar-refractivity contribution is -0.129. The van der Waals surface area contributed by atoms with E-state index in [1.165, 1.54) is 16.7 Å². The summed E-state index contributed by atoms with van der Waals surface area (Å²) in [6.45, 7) is 1.83. The van der Waals surface area contributed by atoms with Crippen molar-refractivity contribution in [2.75, 3.05) is 18.8 Å². The second-order valence-corrected chi connectivity index (χ2v) is 7.46. The molecule has 0 radical (unpaired) electrons. The summed E-state index contributed by atoms with van der Waals surface area (Å²) in [6, 6.07) is 18.7. The first-order valence-electron chi connectivity index (χ1n) is 8.89. The molecule has 128 valence electrons. The zero-order valence-corrected chi connectivity index (χ0v) is 15.0. The number of carbonyl (C=O) groups is 1. The number of aromatic nitrogens is 1. The largest absolute Gasteiger partial charge is 0.354 e. The van der Waals surface area contributed by atoms with Gasteiger partial charge in [-0.05, 0) is 30.9 Å². The predicted octanol–water partition coefficient (Wildman–Crippen LogP) is 4.94. The summed E-state index contributed by atoms with van der Waals surface area (Å²) in [6.07, 6.45) is 3.52. The average Bonchev–Trinajstić information content (AvgIpc) is 3.06. The summed E-state index contributed by atoms with van der Waals surface area (Å²) in [5, 5.41) is 1.19. The predicted molar refractivity (Wildman–Crippen MR) is 105 cm³/mol. The van der Waals surface area contributed by atoms with Crippen molar-refractivity contribution in [3.63, 3.8) is 0 Å². The number of benzene rings is 2. The molecule has 1 aliphatic heterocycles. The fourth-order valence-corrected chi connectivity index (χ4v) is 4.54. The molecular formula is C21H22N2OS. The Kier molecular flexibility index (Phi) is 4.79. The summed E-state index contributed by atoms with van der Waals surface area (Å²) >= 11 is 1.66. The zero-order chi connectivity index (χ0) is 17.1. The highest BCUT2D eigenvalue weighted by molar-refractivity contribution is 8.00. The van der Waals surface area contributed by atoms with Crippen LogP contribution in [0, 0.1) is 0 Å². The molecule has 2 aromatic carbocycles. The maximum atomic E-state index is 12.6. The molecule has 0 saturated carbocycles. The second-order valence-electron chi connectivity index (χ2n) is 6.47. The molecule has 4 rings (SSSR count). The SMILES string of the molecule is O=C(CSc1c(-c2ccccc2)[nH]c2ccccc12)N1CCCCC1. The van der Waals surface area contributed by atoms with E-state index in [0.717, 1.165) is 42.7 Å². The summed E-state index contributed by atoms with van der Waals surface area (Å²) in [5.41, 5.74) is 3.39. The van der Waals surface area contributed by atoms with E-state index in [4.69, 9.17) is 0 Å². The van der Waals surface area contributed by atoms with E-state index in [0.29, 0.717) is 5.75 Å². The first-order chi connectivity index (χ1) is 12.3. The molecular weight excluding hydrogens is 328 g/mol. The van der Waals surface area contributed by atoms with Crippen molar-refractivity contribution in [2.45, 2.75) is 24.2 Å². The van der Waals surface area contributed by atoms with Gasteiger partial charge in [0.1, 0.15) is 0 Å². The molecule has 0 aliphatic carbocycles. The summed E-state index contributed by atoms with van der Waals surface area (Å²) in [4.78, 5) is 19.3. The van der Waals surface area contributed by atoms with Crippen LogP contribution in [0.5, 0.6) is 0 Å². The number of rotatable bonds is 4. The number of carbonyl (C=O) groups excluding carboxylic acids is 1. The Balaban J connectivity index is 1.62. The van der Waals surface area contributed by atoms with Gasteiger partial charge in [0.2, 0.25) is 5.91 Å². The first kappa shape index (κ1) is 16.3. The Hall–Kier alpha value is -2.20. The van der Waals surface area contributed by atoms with E-state index in [-0.39, 0.29) is 5.91 Å². The quantitative estimate of drug-likeness (QED) is 0.677. The summed E-state index contributed by atoms with van der Waals surface area (Å²) in [5.74, 6) is 0.760. The molecule has 3 nitrogen and oxygen atoms in total. The van der Waals surface area contributed by atoms with Gasteiger partial charge in [0.15, 0.2) is 0 Å². The first-order valence-corrected chi connectivity index (χ1v) is 9.88. The smallest absolute Gasteiger partial charge is 0.232 e. The molecule has 1 saturated heterocycles. The Morgan fingerprint density at radius 2 is 1.68 bits per heavy atom. The van der Waals surface area contributed by atoms with Crippen LogP contribution in [-0.4, -0.2) is 34.6 Å². The Morgan fingerprint density at radius 3 is 2.48 bits per heavy atom. The molecule has 1 aliphatic rings. The maximum absolute atomic E-state index is 12.6. The number of piperidine rings is 1. The number of aromatic amines is 1. The van der Waals surface area contributed by atoms with Crippen LogP contribution in [0.1, 0.15) is 19.3 Å². The molecule has 2 heterocycles. The van der Waals surface area contributed by atoms with Gasteiger partial charge in [-0.2, -0.15) is 0 Å². The van der Waals surface area contributed by atoms with Gasteiger partial charge in [-0.3, -0.25) is 4.79 Å². The van der Waals surface area contributed by atoms with E-state index in [1.807, 2.05) is 29.2 Å². The highest BCUT2D eigenvalue weighted by atomic mass is 32.2. The molecule has 0 unspecified atom stereocenters. The van der Waals surface area contributed by atoms with E-state index < -0.39 is 0 Å². The molecule has 0 bridgehead atoms. The highest BCUT2D eigenvalue weighted by Crippen LogP contribution is 2.37. The lowest BCUT2D eigenvalue weighted by Crippen LogP contribution is -2.36. The third-order valence-corrected chi connectivity index (χ3v) is 5.87. The van der Waals surface area contributed by atoms with Crippen molar-refractivity contribution < 1.29 is 4.79 Å². The van der Waals surface area contributed by atoms with Gasteiger partial charge in [0.05, 0.1) is 11.4 Å². The third kappa shape index (κ3) is 3.45. The van der Waals surface area contributed by atoms with Gasteiger partial charge in [0, 0.05) is 28.9 Å². The third-order valence-electron chi connectivity index (χ3n) is 4.77. The normalized spacial score (nSPS) is 14.8. The molecule has 25 heavy (non-hydrogen) atoms. The van der Waals surface area contributed by atoms with Gasteiger partial charge >= 0.3 is 0 Å². The van der Waals surface area contributed by atoms with Crippen LogP contribution in [0.2, 0.25) is 0 Å². The standard InChI is InChI=1S/C21H22N2OS/c24-19(23-13-7-2-8-14-23)15-25-21-17-11-5-6-12-18(17)22-20(21)16-9-3-1-4-10-16/h1,3-6,9-12,22H,2,7-8,13-15H2. The lowest BCUT2D eigenvalue weighted by atomic mass is 10.1. The fourth-order valence-electron chi connectivity index (χ4n) is 3.44. The van der Waals surface area contributed by atoms with Crippen LogP contribution >= 0.6 is 11.8 Å². The Bertz CT molecular complexity index is 866. The van der Waals surface area contributed by atoms with Crippen LogP contribution in [-0.2, 0) is 4.79 Å². The molecule has 1 aromatic heterocycles. The number of likely N-dealkylation sites (tertiary alicyclic amines) is 1. The molecule has 1 fully saturated rings. The van der Waals surface area contributed by atoms with Crippen molar-refractivity contribution in [2.24, 2.45) is 0 Å². The van der Waals surface area contributed by atoms with Crippen LogP contribution in [0.4, 0.5) is 0 Å². The van der Waals surface area contributed by atoms with Gasteiger partial charge in [0.25, 0.3) is 0 Å². The number of nitrogens with zero attached hydrogens (tertiary/aromatic N) is 1. The van der Waals surface area contributed by atoms with E-state index >= 15 is 0 Å². The van der Waals surface area contributed by atoms with Crippen molar-refractivity contribution in [1.82, 2.24) is 9.88 Å². The van der Waals surface area contributed by atoms with Crippen LogP contribution in [0.25, 0.3) is 22.2 Å². The van der Waals surface area contributed by atoms with Gasteiger partial charge < -0.3 is 9.88 Å². The van der Waals surface area contributed by atoms with Crippen molar-refractivity contribution >= 4 is 28.6 Å². The van der Waals surface area contributed by atoms with Gasteiger partial charge in [-0.1, -0.05) is 48.5 Å². The molecule has 3 aromatic rings. The molecule has 0 spiro atoms. The average molecular weight is 350 g/mol. The monoisotopic (exact) mass is 350 g/mol. The minimum atomic E-state index is 0.258. The number of hydrogen-bond donors (Lipinski definition) is 1. The number of nitrogens with one attached hydrogen (secondary N) is 1. The number of H-pyrrole nitrogens is 1. The topological polar surface area (TPSA) is 36.1 Å². The number of para-hydroxylation sites is 1. The molecule has 4 heteroatoms. The van der Waals surface area contributed by atoms with Crippen molar-refractivity contribution in [3.8, 4) is 11.3 Å². The minimum absolute atomic E-state index is 0.258. The fraction of sp³-hybridized carbons (Fsp3) is 0.286.